The molecular weight excluding hydrogens is 458 g/mol. The SMILES string of the molecule is COc1ccc(NC(=O)N2CC3C(CNC(=O)C(O)(c4ccccc4)C4CCCC4)C3C2)c(OC)c1. The third-order valence-electron chi connectivity index (χ3n) is 8.31. The number of fused-ring (bicyclic) bond motifs is 1. The van der Waals surface area contributed by atoms with Crippen molar-refractivity contribution < 1.29 is 24.2 Å². The average Bonchev–Trinajstić information content (AvgIpc) is 3.31. The molecule has 3 amide bonds. The summed E-state index contributed by atoms with van der Waals surface area (Å²) in [4.78, 5) is 28.0. The molecule has 0 radical (unpaired) electrons. The van der Waals surface area contributed by atoms with Crippen molar-refractivity contribution in [2.45, 2.75) is 31.3 Å². The standard InChI is InChI=1S/C28H35N3O5/c1-35-20-12-13-24(25(14-20)36-2)30-27(33)31-16-22-21(23(22)17-31)15-29-26(32)28(34,19-10-6-7-11-19)18-8-4-3-5-9-18/h3-5,8-9,12-14,19,21-23,34H,6-7,10-11,15-17H2,1-2H3,(H,29,32)(H,30,33). The largest absolute Gasteiger partial charge is 0.497 e. The predicted octanol–water partition coefficient (Wildman–Crippen LogP) is 3.61. The number of rotatable bonds is 8. The molecule has 3 N–H and O–H groups in total. The number of anilines is 1. The van der Waals surface area contributed by atoms with E-state index in [-0.39, 0.29) is 17.9 Å². The van der Waals surface area contributed by atoms with Crippen molar-refractivity contribution in [3.63, 3.8) is 0 Å². The quantitative estimate of drug-likeness (QED) is 0.522. The van der Waals surface area contributed by atoms with E-state index in [2.05, 4.69) is 10.6 Å². The number of carbonyl (C=O) groups excluding carboxylic acids is 2. The Morgan fingerprint density at radius 3 is 2.36 bits per heavy atom. The maximum Gasteiger partial charge on any atom is 0.321 e. The molecule has 3 atom stereocenters. The van der Waals surface area contributed by atoms with E-state index in [1.54, 1.807) is 32.4 Å². The third-order valence-corrected chi connectivity index (χ3v) is 8.31. The molecular formula is C28H35N3O5. The first-order chi connectivity index (χ1) is 17.5. The van der Waals surface area contributed by atoms with Gasteiger partial charge in [0.2, 0.25) is 0 Å². The Morgan fingerprint density at radius 1 is 1.03 bits per heavy atom. The zero-order valence-corrected chi connectivity index (χ0v) is 20.9. The average molecular weight is 494 g/mol. The number of aliphatic hydroxyl groups is 1. The summed E-state index contributed by atoms with van der Waals surface area (Å²) in [7, 11) is 3.14. The summed E-state index contributed by atoms with van der Waals surface area (Å²) in [6.45, 7) is 1.83. The van der Waals surface area contributed by atoms with E-state index in [4.69, 9.17) is 9.47 Å². The zero-order chi connectivity index (χ0) is 25.3. The second-order valence-corrected chi connectivity index (χ2v) is 10.2. The van der Waals surface area contributed by atoms with Gasteiger partial charge in [0.05, 0.1) is 19.9 Å². The maximum absolute atomic E-state index is 13.3. The van der Waals surface area contributed by atoms with E-state index in [1.807, 2.05) is 35.2 Å². The molecule has 3 aliphatic rings. The van der Waals surface area contributed by atoms with Crippen LogP contribution >= 0.6 is 0 Å². The highest BCUT2D eigenvalue weighted by Crippen LogP contribution is 2.51. The van der Waals surface area contributed by atoms with Gasteiger partial charge >= 0.3 is 6.03 Å². The minimum absolute atomic E-state index is 0.0623. The number of likely N-dealkylation sites (tertiary alicyclic amines) is 1. The fourth-order valence-corrected chi connectivity index (χ4v) is 6.15. The zero-order valence-electron chi connectivity index (χ0n) is 20.9. The Morgan fingerprint density at radius 2 is 1.72 bits per heavy atom. The van der Waals surface area contributed by atoms with Gasteiger partial charge in [-0.2, -0.15) is 0 Å². The van der Waals surface area contributed by atoms with Crippen LogP contribution in [-0.2, 0) is 10.4 Å². The molecule has 0 spiro atoms. The number of nitrogens with zero attached hydrogens (tertiary/aromatic N) is 1. The summed E-state index contributed by atoms with van der Waals surface area (Å²) in [6.07, 6.45) is 3.80. The molecule has 1 aliphatic heterocycles. The fraction of sp³-hybridized carbons (Fsp3) is 0.500. The van der Waals surface area contributed by atoms with Crippen molar-refractivity contribution in [1.82, 2.24) is 10.2 Å². The van der Waals surface area contributed by atoms with Gasteiger partial charge in [-0.05, 0) is 48.3 Å². The molecule has 192 valence electrons. The van der Waals surface area contributed by atoms with Crippen molar-refractivity contribution in [3.8, 4) is 11.5 Å². The van der Waals surface area contributed by atoms with Gasteiger partial charge in [-0.15, -0.1) is 0 Å². The van der Waals surface area contributed by atoms with Crippen LogP contribution in [0.15, 0.2) is 48.5 Å². The Hall–Kier alpha value is -3.26. The lowest BCUT2D eigenvalue weighted by Crippen LogP contribution is -2.49. The van der Waals surface area contributed by atoms with Gasteiger partial charge in [-0.25, -0.2) is 4.79 Å². The number of hydrogen-bond donors (Lipinski definition) is 3. The smallest absolute Gasteiger partial charge is 0.321 e. The van der Waals surface area contributed by atoms with Crippen LogP contribution in [0, 0.1) is 23.7 Å². The Balaban J connectivity index is 1.15. The monoisotopic (exact) mass is 493 g/mol. The molecule has 1 heterocycles. The van der Waals surface area contributed by atoms with Crippen LogP contribution in [-0.4, -0.2) is 55.8 Å². The number of amides is 3. The molecule has 2 saturated carbocycles. The van der Waals surface area contributed by atoms with Crippen molar-refractivity contribution in [1.29, 1.82) is 0 Å². The Kier molecular flexibility index (Phi) is 6.79. The molecule has 36 heavy (non-hydrogen) atoms. The topological polar surface area (TPSA) is 100 Å². The number of carbonyl (C=O) groups is 2. The van der Waals surface area contributed by atoms with E-state index in [9.17, 15) is 14.7 Å². The number of urea groups is 1. The van der Waals surface area contributed by atoms with Crippen LogP contribution in [0.3, 0.4) is 0 Å². The van der Waals surface area contributed by atoms with E-state index >= 15 is 0 Å². The highest BCUT2D eigenvalue weighted by Gasteiger charge is 2.57. The maximum atomic E-state index is 13.3. The lowest BCUT2D eigenvalue weighted by atomic mass is 9.79. The van der Waals surface area contributed by atoms with E-state index < -0.39 is 5.60 Å². The molecule has 2 aliphatic carbocycles. The summed E-state index contributed by atoms with van der Waals surface area (Å²) in [6, 6.07) is 14.4. The van der Waals surface area contributed by atoms with Crippen LogP contribution in [0.1, 0.15) is 31.2 Å². The minimum atomic E-state index is -1.49. The van der Waals surface area contributed by atoms with E-state index in [0.717, 1.165) is 25.7 Å². The molecule has 5 rings (SSSR count). The highest BCUT2D eigenvalue weighted by atomic mass is 16.5. The molecule has 0 aromatic heterocycles. The Bertz CT molecular complexity index is 1090. The summed E-state index contributed by atoms with van der Waals surface area (Å²) in [5.41, 5.74) is -0.229. The number of hydrogen-bond acceptors (Lipinski definition) is 5. The van der Waals surface area contributed by atoms with Crippen molar-refractivity contribution in [3.05, 3.63) is 54.1 Å². The fourth-order valence-electron chi connectivity index (χ4n) is 6.15. The first kappa shape index (κ1) is 24.4. The van der Waals surface area contributed by atoms with Crippen LogP contribution < -0.4 is 20.1 Å². The van der Waals surface area contributed by atoms with Crippen LogP contribution in [0.2, 0.25) is 0 Å². The Labute approximate surface area is 212 Å². The second-order valence-electron chi connectivity index (χ2n) is 10.2. The number of nitrogens with one attached hydrogen (secondary N) is 2. The number of ether oxygens (including phenoxy) is 2. The van der Waals surface area contributed by atoms with Crippen LogP contribution in [0.5, 0.6) is 11.5 Å². The first-order valence-corrected chi connectivity index (χ1v) is 12.8. The van der Waals surface area contributed by atoms with Crippen molar-refractivity contribution in [2.75, 3.05) is 39.2 Å². The summed E-state index contributed by atoms with van der Waals surface area (Å²) in [5.74, 6) is 1.90. The van der Waals surface area contributed by atoms with Crippen molar-refractivity contribution in [2.24, 2.45) is 23.7 Å². The number of benzene rings is 2. The summed E-state index contributed by atoms with van der Waals surface area (Å²) in [5, 5.41) is 17.6. The van der Waals surface area contributed by atoms with Gasteiger partial charge in [0, 0.05) is 31.6 Å². The lowest BCUT2D eigenvalue weighted by molar-refractivity contribution is -0.147. The lowest BCUT2D eigenvalue weighted by Gasteiger charge is -2.33. The van der Waals surface area contributed by atoms with E-state index in [0.29, 0.717) is 60.1 Å². The van der Waals surface area contributed by atoms with Gasteiger partial charge in [0.1, 0.15) is 11.5 Å². The molecule has 3 fully saturated rings. The molecule has 2 aromatic rings. The van der Waals surface area contributed by atoms with Crippen LogP contribution in [0.4, 0.5) is 10.5 Å². The van der Waals surface area contributed by atoms with E-state index in [1.165, 1.54) is 0 Å². The van der Waals surface area contributed by atoms with Gasteiger partial charge in [-0.1, -0.05) is 43.2 Å². The van der Waals surface area contributed by atoms with Crippen LogP contribution in [0.25, 0.3) is 0 Å². The van der Waals surface area contributed by atoms with Crippen molar-refractivity contribution >= 4 is 17.6 Å². The minimum Gasteiger partial charge on any atom is -0.497 e. The first-order valence-electron chi connectivity index (χ1n) is 12.8. The second kappa shape index (κ2) is 10.0. The molecule has 8 nitrogen and oxygen atoms in total. The highest BCUT2D eigenvalue weighted by molar-refractivity contribution is 5.91. The van der Waals surface area contributed by atoms with Gasteiger partial charge in [0.15, 0.2) is 5.60 Å². The van der Waals surface area contributed by atoms with Gasteiger partial charge in [-0.3, -0.25) is 4.79 Å². The molecule has 1 saturated heterocycles. The summed E-state index contributed by atoms with van der Waals surface area (Å²) < 4.78 is 10.6. The molecule has 8 heteroatoms. The number of methoxy groups -OCH3 is 2. The normalized spacial score (nSPS) is 24.5. The predicted molar refractivity (Wildman–Crippen MR) is 136 cm³/mol. The van der Waals surface area contributed by atoms with Gasteiger partial charge in [0.25, 0.3) is 5.91 Å². The molecule has 3 unspecified atom stereocenters. The third kappa shape index (κ3) is 4.50. The number of piperidine rings is 1. The summed E-state index contributed by atoms with van der Waals surface area (Å²) >= 11 is 0. The molecule has 2 aromatic carbocycles. The van der Waals surface area contributed by atoms with Gasteiger partial charge < -0.3 is 30.1 Å². The molecule has 0 bridgehead atoms.